The van der Waals surface area contributed by atoms with Crippen molar-refractivity contribution in [2.75, 3.05) is 36.1 Å². The van der Waals surface area contributed by atoms with E-state index in [9.17, 15) is 0 Å². The number of thioether (sulfide) groups is 1. The van der Waals surface area contributed by atoms with Gasteiger partial charge in [0.25, 0.3) is 0 Å². The third-order valence-electron chi connectivity index (χ3n) is 4.17. The molecule has 0 amide bonds. The highest BCUT2D eigenvalue weighted by atomic mass is 35.5. The quantitative estimate of drug-likeness (QED) is 0.198. The Kier molecular flexibility index (Phi) is 11.3. The lowest BCUT2D eigenvalue weighted by atomic mass is 10.1. The van der Waals surface area contributed by atoms with Crippen molar-refractivity contribution in [3.8, 4) is 0 Å². The summed E-state index contributed by atoms with van der Waals surface area (Å²) in [7, 11) is 2.08. The fourth-order valence-corrected chi connectivity index (χ4v) is 5.40. The van der Waals surface area contributed by atoms with Crippen molar-refractivity contribution in [2.24, 2.45) is 0 Å². The van der Waals surface area contributed by atoms with E-state index in [2.05, 4.69) is 36.2 Å². The maximum atomic E-state index is 8.85. The van der Waals surface area contributed by atoms with Crippen LogP contribution in [0.15, 0.2) is 46.2 Å². The van der Waals surface area contributed by atoms with Crippen molar-refractivity contribution in [1.29, 1.82) is 0 Å². The average Bonchev–Trinajstić information content (AvgIpc) is 2.68. The Balaban J connectivity index is 1.96. The molecule has 0 atom stereocenters. The van der Waals surface area contributed by atoms with Crippen molar-refractivity contribution in [1.82, 2.24) is 0 Å². The Labute approximate surface area is 191 Å². The SMILES string of the molecule is CN(CSCCCO)c1ccc(Sc2cc(Cl)c(CCCCCl)c(Cl)c2)cc1. The summed E-state index contributed by atoms with van der Waals surface area (Å²) in [5.74, 6) is 2.54. The van der Waals surface area contributed by atoms with Crippen LogP contribution >= 0.6 is 58.3 Å². The molecule has 0 unspecified atom stereocenters. The zero-order valence-corrected chi connectivity index (χ0v) is 19.9. The molecule has 0 aliphatic heterocycles. The molecule has 0 aromatic heterocycles. The second-order valence-electron chi connectivity index (χ2n) is 6.42. The Morgan fingerprint density at radius 1 is 0.964 bits per heavy atom. The number of aliphatic hydroxyl groups is 1. The van der Waals surface area contributed by atoms with Gasteiger partial charge in [0.05, 0.1) is 5.88 Å². The highest BCUT2D eigenvalue weighted by Gasteiger charge is 2.10. The fourth-order valence-electron chi connectivity index (χ4n) is 2.62. The van der Waals surface area contributed by atoms with Crippen molar-refractivity contribution in [2.45, 2.75) is 35.5 Å². The molecule has 0 saturated heterocycles. The van der Waals surface area contributed by atoms with Crippen LogP contribution in [0, 0.1) is 0 Å². The molecule has 7 heteroatoms. The Hall–Kier alpha value is -0.230. The Morgan fingerprint density at radius 3 is 2.25 bits per heavy atom. The number of hydrogen-bond donors (Lipinski definition) is 1. The summed E-state index contributed by atoms with van der Waals surface area (Å²) in [5, 5.41) is 10.3. The predicted molar refractivity (Wildman–Crippen MR) is 128 cm³/mol. The molecule has 28 heavy (non-hydrogen) atoms. The number of unbranched alkanes of at least 4 members (excludes halogenated alkanes) is 1. The van der Waals surface area contributed by atoms with Crippen LogP contribution in [0.5, 0.6) is 0 Å². The molecule has 0 bridgehead atoms. The van der Waals surface area contributed by atoms with Gasteiger partial charge in [-0.2, -0.15) is 0 Å². The first kappa shape index (κ1) is 24.0. The Morgan fingerprint density at radius 2 is 1.64 bits per heavy atom. The number of hydrogen-bond acceptors (Lipinski definition) is 4. The minimum atomic E-state index is 0.255. The third-order valence-corrected chi connectivity index (χ3v) is 7.24. The van der Waals surface area contributed by atoms with Crippen LogP contribution in [0.25, 0.3) is 0 Å². The number of anilines is 1. The van der Waals surface area contributed by atoms with Crippen LogP contribution in [-0.4, -0.2) is 36.3 Å². The van der Waals surface area contributed by atoms with Gasteiger partial charge in [-0.15, -0.1) is 23.4 Å². The molecule has 0 radical (unpaired) electrons. The highest BCUT2D eigenvalue weighted by molar-refractivity contribution is 7.99. The van der Waals surface area contributed by atoms with E-state index in [1.807, 2.05) is 23.9 Å². The second-order valence-corrected chi connectivity index (χ2v) is 9.83. The van der Waals surface area contributed by atoms with E-state index in [4.69, 9.17) is 39.9 Å². The van der Waals surface area contributed by atoms with Crippen molar-refractivity contribution >= 4 is 64.0 Å². The molecule has 2 rings (SSSR count). The number of nitrogens with zero attached hydrogens (tertiary/aromatic N) is 1. The molecule has 154 valence electrons. The smallest absolute Gasteiger partial charge is 0.0636 e. The van der Waals surface area contributed by atoms with Gasteiger partial charge >= 0.3 is 0 Å². The topological polar surface area (TPSA) is 23.5 Å². The largest absolute Gasteiger partial charge is 0.396 e. The van der Waals surface area contributed by atoms with E-state index in [1.165, 1.54) is 5.69 Å². The van der Waals surface area contributed by atoms with Gasteiger partial charge in [-0.05, 0) is 73.4 Å². The second kappa shape index (κ2) is 13.1. The number of halogens is 3. The minimum absolute atomic E-state index is 0.255. The minimum Gasteiger partial charge on any atom is -0.396 e. The molecule has 0 heterocycles. The fraction of sp³-hybridized carbons (Fsp3) is 0.429. The molecule has 2 aromatic carbocycles. The molecular formula is C21H26Cl3NOS2. The van der Waals surface area contributed by atoms with Gasteiger partial charge in [0.15, 0.2) is 0 Å². The zero-order chi connectivity index (χ0) is 20.4. The lowest BCUT2D eigenvalue weighted by Crippen LogP contribution is -2.16. The van der Waals surface area contributed by atoms with E-state index in [0.29, 0.717) is 5.88 Å². The third kappa shape index (κ3) is 7.89. The summed E-state index contributed by atoms with van der Waals surface area (Å²) < 4.78 is 0. The first-order valence-corrected chi connectivity index (χ1v) is 12.5. The van der Waals surface area contributed by atoms with Gasteiger partial charge in [-0.25, -0.2) is 0 Å². The zero-order valence-electron chi connectivity index (χ0n) is 16.0. The first-order valence-electron chi connectivity index (χ1n) is 9.26. The lowest BCUT2D eigenvalue weighted by molar-refractivity contribution is 0.296. The highest BCUT2D eigenvalue weighted by Crippen LogP contribution is 2.36. The van der Waals surface area contributed by atoms with Crippen molar-refractivity contribution < 1.29 is 5.11 Å². The van der Waals surface area contributed by atoms with Gasteiger partial charge in [0, 0.05) is 45.1 Å². The molecule has 0 saturated carbocycles. The summed E-state index contributed by atoms with van der Waals surface area (Å²) in [6.07, 6.45) is 3.64. The molecule has 0 aliphatic carbocycles. The van der Waals surface area contributed by atoms with E-state index >= 15 is 0 Å². The van der Waals surface area contributed by atoms with Crippen molar-refractivity contribution in [3.05, 3.63) is 52.0 Å². The Bertz CT molecular complexity index is 705. The standard InChI is InChI=1S/C21H26Cl3NOS2/c1-25(15-27-12-4-11-26)16-6-8-17(9-7-16)28-18-13-20(23)19(21(24)14-18)5-2-3-10-22/h6-9,13-14,26H,2-5,10-12,15H2,1H3. The summed E-state index contributed by atoms with van der Waals surface area (Å²) in [6, 6.07) is 12.5. The first-order chi connectivity index (χ1) is 13.5. The van der Waals surface area contributed by atoms with Crippen LogP contribution in [0.3, 0.4) is 0 Å². The van der Waals surface area contributed by atoms with Crippen molar-refractivity contribution in [3.63, 3.8) is 0 Å². The number of rotatable bonds is 12. The number of aliphatic hydroxyl groups excluding tert-OH is 1. The van der Waals surface area contributed by atoms with Gasteiger partial charge in [0.2, 0.25) is 0 Å². The predicted octanol–water partition coefficient (Wildman–Crippen LogP) is 7.22. The van der Waals surface area contributed by atoms with Crippen LogP contribution in [-0.2, 0) is 6.42 Å². The van der Waals surface area contributed by atoms with Crippen LogP contribution in [0.1, 0.15) is 24.8 Å². The summed E-state index contributed by atoms with van der Waals surface area (Å²) >= 11 is 22.2. The van der Waals surface area contributed by atoms with Gasteiger partial charge in [-0.1, -0.05) is 35.0 Å². The van der Waals surface area contributed by atoms with E-state index in [0.717, 1.165) is 62.7 Å². The number of alkyl halides is 1. The molecule has 0 fully saturated rings. The maximum Gasteiger partial charge on any atom is 0.0636 e. The van der Waals surface area contributed by atoms with Gasteiger partial charge in [-0.3, -0.25) is 0 Å². The van der Waals surface area contributed by atoms with Crippen LogP contribution in [0.4, 0.5) is 5.69 Å². The summed E-state index contributed by atoms with van der Waals surface area (Å²) in [6.45, 7) is 0.255. The summed E-state index contributed by atoms with van der Waals surface area (Å²) in [4.78, 5) is 4.39. The van der Waals surface area contributed by atoms with E-state index < -0.39 is 0 Å². The normalized spacial score (nSPS) is 11.0. The maximum absolute atomic E-state index is 8.85. The van der Waals surface area contributed by atoms with Gasteiger partial charge < -0.3 is 10.0 Å². The molecular weight excluding hydrogens is 453 g/mol. The van der Waals surface area contributed by atoms with Crippen LogP contribution in [0.2, 0.25) is 10.0 Å². The van der Waals surface area contributed by atoms with Crippen LogP contribution < -0.4 is 4.90 Å². The number of benzene rings is 2. The van der Waals surface area contributed by atoms with E-state index in [1.54, 1.807) is 11.8 Å². The lowest BCUT2D eigenvalue weighted by Gasteiger charge is -2.19. The molecule has 2 nitrogen and oxygen atoms in total. The molecule has 0 aliphatic rings. The molecule has 2 aromatic rings. The monoisotopic (exact) mass is 477 g/mol. The summed E-state index contributed by atoms with van der Waals surface area (Å²) in [5.41, 5.74) is 2.18. The molecule has 0 spiro atoms. The average molecular weight is 479 g/mol. The van der Waals surface area contributed by atoms with E-state index in [-0.39, 0.29) is 6.61 Å². The van der Waals surface area contributed by atoms with Gasteiger partial charge in [0.1, 0.15) is 0 Å². The molecule has 1 N–H and O–H groups in total.